The summed E-state index contributed by atoms with van der Waals surface area (Å²) in [5.41, 5.74) is 3.19. The predicted molar refractivity (Wildman–Crippen MR) is 165 cm³/mol. The molecule has 0 heterocycles. The van der Waals surface area contributed by atoms with Crippen LogP contribution in [0.2, 0.25) is 19.1 Å². The first-order valence-electron chi connectivity index (χ1n) is 14.3. The number of esters is 1. The number of benzene rings is 3. The highest BCUT2D eigenvalue weighted by atomic mass is 28.3. The molecule has 3 aromatic rings. The zero-order valence-corrected chi connectivity index (χ0v) is 25.6. The van der Waals surface area contributed by atoms with Crippen LogP contribution >= 0.6 is 0 Å². The third-order valence-electron chi connectivity index (χ3n) is 7.43. The average molecular weight is 581 g/mol. The molecule has 1 unspecified atom stereocenters. The van der Waals surface area contributed by atoms with Crippen LogP contribution in [0.3, 0.4) is 0 Å². The van der Waals surface area contributed by atoms with Gasteiger partial charge in [-0.25, -0.2) is 13.6 Å². The summed E-state index contributed by atoms with van der Waals surface area (Å²) < 4.78 is 41.2. The fourth-order valence-electron chi connectivity index (χ4n) is 4.74. The number of rotatable bonds is 15. The molecule has 0 aromatic heterocycles. The van der Waals surface area contributed by atoms with Gasteiger partial charge in [0.1, 0.15) is 5.75 Å². The molecule has 220 valence electrons. The first-order valence-corrected chi connectivity index (χ1v) is 17.5. The molecule has 3 rings (SSSR count). The van der Waals surface area contributed by atoms with Gasteiger partial charge in [-0.1, -0.05) is 94.0 Å². The van der Waals surface area contributed by atoms with Gasteiger partial charge in [-0.05, 0) is 53.8 Å². The van der Waals surface area contributed by atoms with Crippen LogP contribution in [-0.4, -0.2) is 39.0 Å². The van der Waals surface area contributed by atoms with Crippen molar-refractivity contribution in [3.05, 3.63) is 84.5 Å². The Balaban J connectivity index is 1.57. The molecule has 0 amide bonds. The van der Waals surface area contributed by atoms with Crippen LogP contribution in [0.25, 0.3) is 22.3 Å². The van der Waals surface area contributed by atoms with Gasteiger partial charge in [0, 0.05) is 23.7 Å². The molecule has 41 heavy (non-hydrogen) atoms. The van der Waals surface area contributed by atoms with E-state index in [2.05, 4.69) is 26.6 Å². The Morgan fingerprint density at radius 2 is 1.54 bits per heavy atom. The highest BCUT2D eigenvalue weighted by Gasteiger charge is 2.28. The summed E-state index contributed by atoms with van der Waals surface area (Å²) >= 11 is 0. The SMILES string of the molecule is C=C(C)C(=O)OCC(CO)CCCOc1ccc(-c2ccc(-c3ccc([Si](C)(C)CCCC)c(F)c3F)cc2)cc1. The number of hydrogen-bond acceptors (Lipinski definition) is 4. The van der Waals surface area contributed by atoms with Gasteiger partial charge in [-0.3, -0.25) is 0 Å². The topological polar surface area (TPSA) is 55.8 Å². The van der Waals surface area contributed by atoms with E-state index in [1.54, 1.807) is 19.1 Å². The lowest BCUT2D eigenvalue weighted by atomic mass is 10.00. The zero-order chi connectivity index (χ0) is 30.0. The molecule has 4 nitrogen and oxygen atoms in total. The van der Waals surface area contributed by atoms with Crippen LogP contribution in [0.5, 0.6) is 5.75 Å². The summed E-state index contributed by atoms with van der Waals surface area (Å²) in [4.78, 5) is 11.5. The largest absolute Gasteiger partial charge is 0.494 e. The monoisotopic (exact) mass is 580 g/mol. The quantitative estimate of drug-likeness (QED) is 0.0859. The Bertz CT molecular complexity index is 1300. The highest BCUT2D eigenvalue weighted by molar-refractivity contribution is 6.89. The van der Waals surface area contributed by atoms with Crippen LogP contribution in [0, 0.1) is 17.6 Å². The normalized spacial score (nSPS) is 12.2. The van der Waals surface area contributed by atoms with Crippen molar-refractivity contribution < 1.29 is 28.2 Å². The first kappa shape index (κ1) is 32.2. The van der Waals surface area contributed by atoms with Gasteiger partial charge in [-0.15, -0.1) is 0 Å². The minimum absolute atomic E-state index is 0.0668. The summed E-state index contributed by atoms with van der Waals surface area (Å²) in [5, 5.41) is 10.1. The van der Waals surface area contributed by atoms with E-state index in [4.69, 9.17) is 9.47 Å². The molecule has 0 aliphatic carbocycles. The number of carbonyl (C=O) groups excluding carboxylic acids is 1. The standard InChI is InChI=1S/C34H42F2O4Si/c1-6-7-21-41(4,5)31-19-18-30(32(35)33(31)36)28-12-10-26(11-13-28)27-14-16-29(17-15-27)39-20-8-9-25(22-37)23-40-34(38)24(2)3/h10-19,25,37H,2,6-9,20-23H2,1,3-5H3. The van der Waals surface area contributed by atoms with Crippen molar-refractivity contribution in [3.63, 3.8) is 0 Å². The van der Waals surface area contributed by atoms with Gasteiger partial charge < -0.3 is 14.6 Å². The van der Waals surface area contributed by atoms with E-state index in [0.717, 1.165) is 35.8 Å². The molecule has 0 saturated carbocycles. The van der Waals surface area contributed by atoms with Crippen LogP contribution in [0.15, 0.2) is 72.8 Å². The number of unbranched alkanes of at least 4 members (excludes halogenated alkanes) is 1. The van der Waals surface area contributed by atoms with E-state index in [0.29, 0.717) is 35.8 Å². The number of aliphatic hydroxyl groups is 1. The second kappa shape index (κ2) is 15.1. The molecule has 0 saturated heterocycles. The van der Waals surface area contributed by atoms with Gasteiger partial charge in [-0.2, -0.15) is 0 Å². The second-order valence-corrected chi connectivity index (χ2v) is 16.1. The smallest absolute Gasteiger partial charge is 0.333 e. The summed E-state index contributed by atoms with van der Waals surface area (Å²) in [6.07, 6.45) is 3.44. The molecule has 3 aromatic carbocycles. The van der Waals surface area contributed by atoms with E-state index >= 15 is 8.78 Å². The molecule has 0 fully saturated rings. The highest BCUT2D eigenvalue weighted by Crippen LogP contribution is 2.29. The van der Waals surface area contributed by atoms with Gasteiger partial charge >= 0.3 is 5.97 Å². The van der Waals surface area contributed by atoms with Crippen molar-refractivity contribution in [2.45, 2.75) is 58.7 Å². The van der Waals surface area contributed by atoms with Crippen molar-refractivity contribution in [2.75, 3.05) is 19.8 Å². The molecule has 7 heteroatoms. The Labute approximate surface area is 244 Å². The third-order valence-corrected chi connectivity index (χ3v) is 10.9. The van der Waals surface area contributed by atoms with Crippen molar-refractivity contribution >= 4 is 19.2 Å². The molecular weight excluding hydrogens is 538 g/mol. The maximum atomic E-state index is 15.2. The van der Waals surface area contributed by atoms with Gasteiger partial charge in [0.15, 0.2) is 11.6 Å². The number of carbonyl (C=O) groups is 1. The summed E-state index contributed by atoms with van der Waals surface area (Å²) in [6, 6.07) is 19.6. The van der Waals surface area contributed by atoms with Gasteiger partial charge in [0.05, 0.1) is 21.3 Å². The van der Waals surface area contributed by atoms with Crippen LogP contribution in [0.4, 0.5) is 8.78 Å². The minimum atomic E-state index is -2.04. The molecule has 0 aliphatic heterocycles. The molecular formula is C34H42F2O4Si. The molecule has 0 radical (unpaired) electrons. The molecule has 0 aliphatic rings. The molecule has 1 atom stereocenters. The fourth-order valence-corrected chi connectivity index (χ4v) is 7.49. The Hall–Kier alpha value is -3.29. The Morgan fingerprint density at radius 3 is 2.12 bits per heavy atom. The Kier molecular flexibility index (Phi) is 11.9. The van der Waals surface area contributed by atoms with Crippen LogP contribution in [-0.2, 0) is 9.53 Å². The van der Waals surface area contributed by atoms with E-state index in [-0.39, 0.29) is 24.7 Å². The van der Waals surface area contributed by atoms with Gasteiger partial charge in [0.25, 0.3) is 0 Å². The minimum Gasteiger partial charge on any atom is -0.494 e. The van der Waals surface area contributed by atoms with Crippen molar-refractivity contribution in [1.29, 1.82) is 0 Å². The number of aliphatic hydroxyl groups excluding tert-OH is 1. The summed E-state index contributed by atoms with van der Waals surface area (Å²) in [5.74, 6) is -1.34. The summed E-state index contributed by atoms with van der Waals surface area (Å²) in [7, 11) is -2.04. The molecule has 1 N–H and O–H groups in total. The molecule has 0 bridgehead atoms. The number of hydrogen-bond donors (Lipinski definition) is 1. The Morgan fingerprint density at radius 1 is 0.927 bits per heavy atom. The van der Waals surface area contributed by atoms with E-state index < -0.39 is 25.7 Å². The van der Waals surface area contributed by atoms with E-state index in [1.165, 1.54) is 0 Å². The summed E-state index contributed by atoms with van der Waals surface area (Å²) in [6.45, 7) is 12.0. The lowest BCUT2D eigenvalue weighted by Gasteiger charge is -2.24. The lowest BCUT2D eigenvalue weighted by Crippen LogP contribution is -2.43. The lowest BCUT2D eigenvalue weighted by molar-refractivity contribution is -0.140. The first-order chi connectivity index (χ1) is 19.6. The maximum Gasteiger partial charge on any atom is 0.333 e. The van der Waals surface area contributed by atoms with Crippen molar-refractivity contribution in [3.8, 4) is 28.0 Å². The van der Waals surface area contributed by atoms with Crippen molar-refractivity contribution in [2.24, 2.45) is 5.92 Å². The van der Waals surface area contributed by atoms with E-state index in [1.807, 2.05) is 48.5 Å². The van der Waals surface area contributed by atoms with E-state index in [9.17, 15) is 9.90 Å². The fraction of sp³-hybridized carbons (Fsp3) is 0.382. The average Bonchev–Trinajstić information content (AvgIpc) is 2.97. The second-order valence-electron chi connectivity index (χ2n) is 11.3. The maximum absolute atomic E-state index is 15.2. The predicted octanol–water partition coefficient (Wildman–Crippen LogP) is 7.90. The number of ether oxygens (including phenoxy) is 2. The van der Waals surface area contributed by atoms with Gasteiger partial charge in [0.2, 0.25) is 0 Å². The van der Waals surface area contributed by atoms with Crippen molar-refractivity contribution in [1.82, 2.24) is 0 Å². The zero-order valence-electron chi connectivity index (χ0n) is 24.6. The van der Waals surface area contributed by atoms with Crippen LogP contribution < -0.4 is 9.92 Å². The molecule has 0 spiro atoms. The number of halogens is 2. The third kappa shape index (κ3) is 8.84. The van der Waals surface area contributed by atoms with Crippen LogP contribution in [0.1, 0.15) is 39.5 Å².